The lowest BCUT2D eigenvalue weighted by Gasteiger charge is -2.34. The average Bonchev–Trinajstić information content (AvgIpc) is 2.23. The van der Waals surface area contributed by atoms with Crippen molar-refractivity contribution in [2.24, 2.45) is 5.92 Å². The molecule has 0 aliphatic carbocycles. The fraction of sp³-hybridized carbons (Fsp3) is 1.00. The molecule has 0 aromatic heterocycles. The maximum absolute atomic E-state index is 5.47. The molecule has 0 aromatic rings. The van der Waals surface area contributed by atoms with E-state index in [0.29, 0.717) is 18.0 Å². The summed E-state index contributed by atoms with van der Waals surface area (Å²) in [4.78, 5) is 0. The summed E-state index contributed by atoms with van der Waals surface area (Å²) in [5.74, 6) is 0.644. The Morgan fingerprint density at radius 1 is 1.07 bits per heavy atom. The van der Waals surface area contributed by atoms with Gasteiger partial charge in [0.25, 0.3) is 0 Å². The predicted octanol–water partition coefficient (Wildman–Crippen LogP) is 1.18. The molecular weight excluding hydrogens is 178 g/mol. The lowest BCUT2D eigenvalue weighted by Crippen LogP contribution is -2.49. The molecule has 0 saturated carbocycles. The van der Waals surface area contributed by atoms with Gasteiger partial charge in [-0.2, -0.15) is 0 Å². The van der Waals surface area contributed by atoms with Crippen LogP contribution in [-0.4, -0.2) is 38.5 Å². The fourth-order valence-corrected chi connectivity index (χ4v) is 2.30. The minimum Gasteiger partial charge on any atom is -0.381 e. The summed E-state index contributed by atoms with van der Waals surface area (Å²) in [7, 11) is 0. The van der Waals surface area contributed by atoms with Crippen LogP contribution in [0.5, 0.6) is 0 Å². The summed E-state index contributed by atoms with van der Waals surface area (Å²) in [6.45, 7) is 5.92. The molecule has 82 valence electrons. The monoisotopic (exact) mass is 199 g/mol. The second kappa shape index (κ2) is 5.10. The van der Waals surface area contributed by atoms with Crippen molar-refractivity contribution >= 4 is 0 Å². The van der Waals surface area contributed by atoms with Crippen LogP contribution in [0.4, 0.5) is 0 Å². The summed E-state index contributed by atoms with van der Waals surface area (Å²) in [6, 6.07) is 1.21. The van der Waals surface area contributed by atoms with E-state index in [1.807, 2.05) is 0 Å². The Labute approximate surface area is 86.2 Å². The lowest BCUT2D eigenvalue weighted by atomic mass is 9.96. The average molecular weight is 199 g/mol. The van der Waals surface area contributed by atoms with Crippen LogP contribution >= 0.6 is 0 Å². The van der Waals surface area contributed by atoms with Crippen molar-refractivity contribution in [3.8, 4) is 0 Å². The highest BCUT2D eigenvalue weighted by Crippen LogP contribution is 2.16. The second-order valence-corrected chi connectivity index (χ2v) is 4.53. The molecule has 0 spiro atoms. The van der Waals surface area contributed by atoms with Crippen LogP contribution in [0.2, 0.25) is 0 Å². The molecule has 2 rings (SSSR count). The summed E-state index contributed by atoms with van der Waals surface area (Å²) in [6.07, 6.45) is 3.62. The zero-order valence-corrected chi connectivity index (χ0v) is 9.00. The minimum absolute atomic E-state index is 0.578. The molecule has 14 heavy (non-hydrogen) atoms. The van der Waals surface area contributed by atoms with Crippen molar-refractivity contribution in [2.75, 3.05) is 26.4 Å². The van der Waals surface area contributed by atoms with Crippen LogP contribution in [0.1, 0.15) is 26.2 Å². The number of ether oxygens (including phenoxy) is 2. The summed E-state index contributed by atoms with van der Waals surface area (Å²) in [5.41, 5.74) is 0. The lowest BCUT2D eigenvalue weighted by molar-refractivity contribution is 0.0187. The molecule has 3 unspecified atom stereocenters. The SMILES string of the molecule is CC1COCCC1NC1CCCOC1. The molecule has 3 nitrogen and oxygen atoms in total. The molecule has 0 aromatic carbocycles. The number of nitrogens with one attached hydrogen (secondary N) is 1. The highest BCUT2D eigenvalue weighted by molar-refractivity contribution is 4.81. The summed E-state index contributed by atoms with van der Waals surface area (Å²) in [5, 5.41) is 3.70. The van der Waals surface area contributed by atoms with Crippen molar-refractivity contribution in [1.29, 1.82) is 0 Å². The first-order chi connectivity index (χ1) is 6.86. The molecule has 0 radical (unpaired) electrons. The van der Waals surface area contributed by atoms with E-state index in [4.69, 9.17) is 9.47 Å². The summed E-state index contributed by atoms with van der Waals surface area (Å²) < 4.78 is 10.9. The smallest absolute Gasteiger partial charge is 0.0619 e. The van der Waals surface area contributed by atoms with Crippen molar-refractivity contribution in [3.63, 3.8) is 0 Å². The van der Waals surface area contributed by atoms with E-state index in [1.54, 1.807) is 0 Å². The molecule has 0 bridgehead atoms. The van der Waals surface area contributed by atoms with Gasteiger partial charge in [-0.05, 0) is 25.2 Å². The van der Waals surface area contributed by atoms with Gasteiger partial charge < -0.3 is 14.8 Å². The molecule has 2 heterocycles. The van der Waals surface area contributed by atoms with Gasteiger partial charge in [0.1, 0.15) is 0 Å². The highest BCUT2D eigenvalue weighted by Gasteiger charge is 2.25. The summed E-state index contributed by atoms with van der Waals surface area (Å²) >= 11 is 0. The van der Waals surface area contributed by atoms with Gasteiger partial charge in [-0.25, -0.2) is 0 Å². The van der Waals surface area contributed by atoms with Gasteiger partial charge in [0.2, 0.25) is 0 Å². The first-order valence-corrected chi connectivity index (χ1v) is 5.78. The van der Waals surface area contributed by atoms with Gasteiger partial charge in [-0.1, -0.05) is 6.92 Å². The van der Waals surface area contributed by atoms with Gasteiger partial charge >= 0.3 is 0 Å². The first-order valence-electron chi connectivity index (χ1n) is 5.78. The van der Waals surface area contributed by atoms with Crippen LogP contribution in [0.15, 0.2) is 0 Å². The molecule has 2 saturated heterocycles. The minimum atomic E-state index is 0.578. The van der Waals surface area contributed by atoms with E-state index in [9.17, 15) is 0 Å². The quantitative estimate of drug-likeness (QED) is 0.724. The van der Waals surface area contributed by atoms with E-state index < -0.39 is 0 Å². The Bertz CT molecular complexity index is 169. The molecule has 2 aliphatic heterocycles. The standard InChI is InChI=1S/C11H21NO2/c1-9-7-14-6-4-11(9)12-10-3-2-5-13-8-10/h9-12H,2-8H2,1H3. The van der Waals surface area contributed by atoms with E-state index in [1.165, 1.54) is 12.8 Å². The number of hydrogen-bond acceptors (Lipinski definition) is 3. The molecule has 3 heteroatoms. The predicted molar refractivity (Wildman–Crippen MR) is 55.4 cm³/mol. The molecule has 3 atom stereocenters. The van der Waals surface area contributed by atoms with Crippen molar-refractivity contribution in [3.05, 3.63) is 0 Å². The second-order valence-electron chi connectivity index (χ2n) is 4.53. The van der Waals surface area contributed by atoms with E-state index in [-0.39, 0.29) is 0 Å². The Balaban J connectivity index is 1.76. The Kier molecular flexibility index (Phi) is 3.79. The first kappa shape index (κ1) is 10.4. The molecule has 0 amide bonds. The normalized spacial score (nSPS) is 39.6. The number of rotatable bonds is 2. The van der Waals surface area contributed by atoms with Gasteiger partial charge in [0, 0.05) is 25.3 Å². The van der Waals surface area contributed by atoms with Crippen LogP contribution in [-0.2, 0) is 9.47 Å². The van der Waals surface area contributed by atoms with Gasteiger partial charge in [-0.15, -0.1) is 0 Å². The zero-order chi connectivity index (χ0) is 9.80. The van der Waals surface area contributed by atoms with Crippen LogP contribution in [0.25, 0.3) is 0 Å². The van der Waals surface area contributed by atoms with Crippen LogP contribution in [0.3, 0.4) is 0 Å². The Morgan fingerprint density at radius 2 is 1.93 bits per heavy atom. The van der Waals surface area contributed by atoms with E-state index in [2.05, 4.69) is 12.2 Å². The Hall–Kier alpha value is -0.120. The third-order valence-electron chi connectivity index (χ3n) is 3.25. The van der Waals surface area contributed by atoms with E-state index in [0.717, 1.165) is 32.8 Å². The van der Waals surface area contributed by atoms with Crippen molar-refractivity contribution in [2.45, 2.75) is 38.3 Å². The molecule has 2 aliphatic rings. The maximum Gasteiger partial charge on any atom is 0.0619 e. The van der Waals surface area contributed by atoms with Crippen LogP contribution < -0.4 is 5.32 Å². The molecule has 1 N–H and O–H groups in total. The fourth-order valence-electron chi connectivity index (χ4n) is 2.30. The van der Waals surface area contributed by atoms with E-state index >= 15 is 0 Å². The third kappa shape index (κ3) is 2.69. The molecular formula is C11H21NO2. The van der Waals surface area contributed by atoms with Crippen molar-refractivity contribution < 1.29 is 9.47 Å². The van der Waals surface area contributed by atoms with Gasteiger partial charge in [-0.3, -0.25) is 0 Å². The topological polar surface area (TPSA) is 30.5 Å². The largest absolute Gasteiger partial charge is 0.381 e. The van der Waals surface area contributed by atoms with Crippen LogP contribution in [0, 0.1) is 5.92 Å². The Morgan fingerprint density at radius 3 is 2.64 bits per heavy atom. The maximum atomic E-state index is 5.47. The number of hydrogen-bond donors (Lipinski definition) is 1. The van der Waals surface area contributed by atoms with Gasteiger partial charge in [0.05, 0.1) is 13.2 Å². The highest BCUT2D eigenvalue weighted by atomic mass is 16.5. The van der Waals surface area contributed by atoms with Gasteiger partial charge in [0.15, 0.2) is 0 Å². The zero-order valence-electron chi connectivity index (χ0n) is 9.00. The van der Waals surface area contributed by atoms with Crippen molar-refractivity contribution in [1.82, 2.24) is 5.32 Å². The molecule has 2 fully saturated rings. The third-order valence-corrected chi connectivity index (χ3v) is 3.25.